The van der Waals surface area contributed by atoms with E-state index in [0.717, 1.165) is 49.7 Å². The molecule has 0 spiro atoms. The summed E-state index contributed by atoms with van der Waals surface area (Å²) in [7, 11) is 0. The Labute approximate surface area is 215 Å². The van der Waals surface area contributed by atoms with Gasteiger partial charge in [0, 0.05) is 11.3 Å². The summed E-state index contributed by atoms with van der Waals surface area (Å²) in [4.78, 5) is 12.3. The van der Waals surface area contributed by atoms with Crippen LogP contribution < -0.4 is 0 Å². The van der Waals surface area contributed by atoms with Gasteiger partial charge in [0.15, 0.2) is 11.5 Å². The fraction of sp³-hybridized carbons (Fsp3) is 0.710. The normalized spacial score (nSPS) is 44.4. The predicted octanol–water partition coefficient (Wildman–Crippen LogP) is 6.57. The van der Waals surface area contributed by atoms with Gasteiger partial charge in [-0.1, -0.05) is 39.3 Å². The summed E-state index contributed by atoms with van der Waals surface area (Å²) < 4.78 is 0. The average molecular weight is 497 g/mol. The van der Waals surface area contributed by atoms with Gasteiger partial charge in [0.05, 0.1) is 11.5 Å². The number of carbonyl (C=O) groups is 1. The Kier molecular flexibility index (Phi) is 5.36. The first-order valence-electron chi connectivity index (χ1n) is 13.7. The number of allylic oxidation sites excluding steroid dienone is 1. The topological polar surface area (TPSA) is 98.0 Å². The van der Waals surface area contributed by atoms with Crippen molar-refractivity contribution in [2.45, 2.75) is 111 Å². The zero-order valence-corrected chi connectivity index (χ0v) is 23.0. The van der Waals surface area contributed by atoms with Crippen LogP contribution in [-0.4, -0.2) is 32.5 Å². The molecule has 4 aliphatic carbocycles. The number of aromatic hydroxyl groups is 2. The Hall–Kier alpha value is -2.01. The summed E-state index contributed by atoms with van der Waals surface area (Å²) in [6.07, 6.45) is 8.02. The van der Waals surface area contributed by atoms with Crippen molar-refractivity contribution in [2.75, 3.05) is 0 Å². The number of carboxylic acids is 1. The van der Waals surface area contributed by atoms with E-state index in [1.54, 1.807) is 13.0 Å². The number of phenolic OH excluding ortho intramolecular Hbond substituents is 2. The van der Waals surface area contributed by atoms with Gasteiger partial charge in [-0.2, -0.15) is 0 Å². The molecule has 0 radical (unpaired) electrons. The van der Waals surface area contributed by atoms with Gasteiger partial charge in [-0.05, 0) is 111 Å². The summed E-state index contributed by atoms with van der Waals surface area (Å²) in [6, 6.07) is 1.74. The molecule has 0 aliphatic heterocycles. The molecule has 8 atom stereocenters. The van der Waals surface area contributed by atoms with Crippen molar-refractivity contribution < 1.29 is 25.2 Å². The van der Waals surface area contributed by atoms with Crippen LogP contribution in [0.25, 0.3) is 0 Å². The van der Waals surface area contributed by atoms with Crippen LogP contribution in [-0.2, 0) is 10.2 Å². The zero-order valence-electron chi connectivity index (χ0n) is 23.0. The van der Waals surface area contributed by atoms with Crippen molar-refractivity contribution in [3.05, 3.63) is 34.4 Å². The SMILES string of the molecule is Cc1c(O)c(O)cc2c1[C@H](C(C)O)C=C1[C@@]2(C)CC[C@@]2(C)[C@@H]3C[C@](C)(C(=O)O)CC[C@]3(C)CC[C@]12C. The maximum Gasteiger partial charge on any atom is 0.309 e. The van der Waals surface area contributed by atoms with Crippen molar-refractivity contribution >= 4 is 5.97 Å². The van der Waals surface area contributed by atoms with E-state index in [1.165, 1.54) is 5.57 Å². The minimum Gasteiger partial charge on any atom is -0.504 e. The Morgan fingerprint density at radius 2 is 1.64 bits per heavy atom. The van der Waals surface area contributed by atoms with Crippen LogP contribution in [0.15, 0.2) is 17.7 Å². The molecule has 1 aromatic carbocycles. The molecule has 1 unspecified atom stereocenters. The summed E-state index contributed by atoms with van der Waals surface area (Å²) >= 11 is 0. The van der Waals surface area contributed by atoms with Crippen LogP contribution in [0, 0.1) is 34.5 Å². The highest BCUT2D eigenvalue weighted by Crippen LogP contribution is 2.75. The highest BCUT2D eigenvalue weighted by molar-refractivity contribution is 5.74. The zero-order chi connectivity index (χ0) is 26.6. The minimum absolute atomic E-state index is 0.0722. The van der Waals surface area contributed by atoms with Crippen LogP contribution in [0.2, 0.25) is 0 Å². The molecule has 4 N–H and O–H groups in total. The highest BCUT2D eigenvalue weighted by atomic mass is 16.4. The van der Waals surface area contributed by atoms with Gasteiger partial charge >= 0.3 is 5.97 Å². The van der Waals surface area contributed by atoms with E-state index in [4.69, 9.17) is 0 Å². The van der Waals surface area contributed by atoms with Gasteiger partial charge in [0.25, 0.3) is 0 Å². The first-order valence-corrected chi connectivity index (χ1v) is 13.7. The van der Waals surface area contributed by atoms with Crippen molar-refractivity contribution in [3.63, 3.8) is 0 Å². The number of carboxylic acid groups (broad SMARTS) is 1. The standard InChI is InChI=1S/C31H44O5/c1-17-24-19(18(2)32)14-22-29(5,20(24)15-21(33)25(17)34)11-13-31(7)23-16-28(4,26(35)36)9-8-27(23,3)10-12-30(22,31)6/h14-15,18-19,23,32-34H,8-13,16H2,1-7H3,(H,35,36)/t18?,19-,23+,27+,28+,29-,30+,31-/m0/s1. The van der Waals surface area contributed by atoms with E-state index in [0.29, 0.717) is 17.9 Å². The number of benzene rings is 1. The van der Waals surface area contributed by atoms with Crippen LogP contribution in [0.3, 0.4) is 0 Å². The van der Waals surface area contributed by atoms with Crippen molar-refractivity contribution in [2.24, 2.45) is 27.6 Å². The Bertz CT molecular complexity index is 1170. The molecule has 198 valence electrons. The highest BCUT2D eigenvalue weighted by Gasteiger charge is 2.67. The molecule has 5 rings (SSSR count). The van der Waals surface area contributed by atoms with E-state index >= 15 is 0 Å². The first kappa shape index (κ1) is 25.6. The van der Waals surface area contributed by atoms with Gasteiger partial charge in [0.1, 0.15) is 0 Å². The molecule has 0 heterocycles. The number of fused-ring (bicyclic) bond motifs is 7. The molecule has 3 fully saturated rings. The lowest BCUT2D eigenvalue weighted by molar-refractivity contribution is -0.177. The summed E-state index contributed by atoms with van der Waals surface area (Å²) in [5, 5.41) is 42.3. The minimum atomic E-state index is -0.692. The molecule has 36 heavy (non-hydrogen) atoms. The lowest BCUT2D eigenvalue weighted by Gasteiger charge is -2.70. The Morgan fingerprint density at radius 3 is 2.25 bits per heavy atom. The van der Waals surface area contributed by atoms with Crippen molar-refractivity contribution in [3.8, 4) is 11.5 Å². The maximum absolute atomic E-state index is 12.3. The molecule has 0 bridgehead atoms. The summed E-state index contributed by atoms with van der Waals surface area (Å²) in [6.45, 7) is 15.0. The van der Waals surface area contributed by atoms with E-state index in [2.05, 4.69) is 33.8 Å². The van der Waals surface area contributed by atoms with Crippen LogP contribution in [0.4, 0.5) is 0 Å². The van der Waals surface area contributed by atoms with E-state index < -0.39 is 17.5 Å². The fourth-order valence-electron chi connectivity index (χ4n) is 9.36. The monoisotopic (exact) mass is 496 g/mol. The third-order valence-electron chi connectivity index (χ3n) is 12.2. The van der Waals surface area contributed by atoms with Gasteiger partial charge < -0.3 is 20.4 Å². The van der Waals surface area contributed by atoms with Gasteiger partial charge in [0.2, 0.25) is 0 Å². The Morgan fingerprint density at radius 1 is 1.00 bits per heavy atom. The molecule has 3 saturated carbocycles. The molecule has 5 heteroatoms. The number of hydrogen-bond acceptors (Lipinski definition) is 4. The van der Waals surface area contributed by atoms with E-state index in [9.17, 15) is 25.2 Å². The second kappa shape index (κ2) is 7.52. The molecule has 5 nitrogen and oxygen atoms in total. The average Bonchev–Trinajstić information content (AvgIpc) is 2.80. The molecular formula is C31H44O5. The molecule has 0 aromatic heterocycles. The summed E-state index contributed by atoms with van der Waals surface area (Å²) in [5.41, 5.74) is 2.83. The number of hydrogen-bond donors (Lipinski definition) is 4. The van der Waals surface area contributed by atoms with Gasteiger partial charge in [-0.3, -0.25) is 4.79 Å². The number of rotatable bonds is 2. The number of aliphatic hydroxyl groups excluding tert-OH is 1. The lowest BCUT2D eigenvalue weighted by atomic mass is 9.34. The van der Waals surface area contributed by atoms with Gasteiger partial charge in [-0.25, -0.2) is 0 Å². The van der Waals surface area contributed by atoms with Crippen molar-refractivity contribution in [1.82, 2.24) is 0 Å². The molecule has 1 aromatic rings. The van der Waals surface area contributed by atoms with Crippen LogP contribution in [0.5, 0.6) is 11.5 Å². The fourth-order valence-corrected chi connectivity index (χ4v) is 9.36. The predicted molar refractivity (Wildman–Crippen MR) is 140 cm³/mol. The van der Waals surface area contributed by atoms with E-state index in [-0.39, 0.29) is 39.1 Å². The molecule has 4 aliphatic rings. The summed E-state index contributed by atoms with van der Waals surface area (Å²) in [5.74, 6) is -0.845. The van der Waals surface area contributed by atoms with Crippen molar-refractivity contribution in [1.29, 1.82) is 0 Å². The van der Waals surface area contributed by atoms with E-state index in [1.807, 2.05) is 13.8 Å². The lowest BCUT2D eigenvalue weighted by Crippen LogP contribution is -2.62. The second-order valence-corrected chi connectivity index (χ2v) is 14.0. The third kappa shape index (κ3) is 3.01. The second-order valence-electron chi connectivity index (χ2n) is 14.0. The van der Waals surface area contributed by atoms with Crippen LogP contribution >= 0.6 is 0 Å². The largest absolute Gasteiger partial charge is 0.504 e. The smallest absolute Gasteiger partial charge is 0.309 e. The molecule has 0 amide bonds. The van der Waals surface area contributed by atoms with Crippen LogP contribution in [0.1, 0.15) is 109 Å². The first-order chi connectivity index (χ1) is 16.5. The third-order valence-corrected chi connectivity index (χ3v) is 12.2. The molecule has 0 saturated heterocycles. The maximum atomic E-state index is 12.3. The number of aliphatic carboxylic acids is 1. The quantitative estimate of drug-likeness (QED) is 0.274. The number of aliphatic hydroxyl groups is 1. The Balaban J connectivity index is 1.70. The van der Waals surface area contributed by atoms with Gasteiger partial charge in [-0.15, -0.1) is 0 Å². The molecular weight excluding hydrogens is 452 g/mol. The number of phenols is 2.